The maximum absolute atomic E-state index is 13.2. The molecule has 0 unspecified atom stereocenters. The molecule has 2 aromatic carbocycles. The first kappa shape index (κ1) is 22.1. The van der Waals surface area contributed by atoms with Gasteiger partial charge in [0.25, 0.3) is 5.56 Å². The fourth-order valence-corrected chi connectivity index (χ4v) is 3.74. The van der Waals surface area contributed by atoms with Gasteiger partial charge in [0.1, 0.15) is 29.3 Å². The van der Waals surface area contributed by atoms with Gasteiger partial charge in [-0.15, -0.1) is 0 Å². The number of aryl methyl sites for hydroxylation is 1. The normalized spacial score (nSPS) is 10.9. The molecule has 0 bridgehead atoms. The second kappa shape index (κ2) is 9.26. The maximum atomic E-state index is 13.2. The molecule has 0 aliphatic rings. The Morgan fingerprint density at radius 1 is 1.00 bits per heavy atom. The van der Waals surface area contributed by atoms with Crippen LogP contribution in [-0.2, 0) is 11.3 Å². The summed E-state index contributed by atoms with van der Waals surface area (Å²) in [7, 11) is 1.59. The van der Waals surface area contributed by atoms with Gasteiger partial charge in [-0.3, -0.25) is 9.20 Å². The van der Waals surface area contributed by atoms with E-state index in [-0.39, 0.29) is 12.2 Å². The van der Waals surface area contributed by atoms with Gasteiger partial charge in [0.2, 0.25) is 0 Å². The van der Waals surface area contributed by atoms with Crippen molar-refractivity contribution in [2.75, 3.05) is 7.11 Å². The van der Waals surface area contributed by atoms with Crippen LogP contribution in [0.4, 0.5) is 0 Å². The summed E-state index contributed by atoms with van der Waals surface area (Å²) in [6.45, 7) is 1.78. The molecule has 0 saturated heterocycles. The Morgan fingerprint density at radius 3 is 2.51 bits per heavy atom. The lowest BCUT2D eigenvalue weighted by Crippen LogP contribution is -2.16. The highest BCUT2D eigenvalue weighted by atomic mass is 16.5. The van der Waals surface area contributed by atoms with Crippen molar-refractivity contribution in [3.63, 3.8) is 0 Å². The van der Waals surface area contributed by atoms with Crippen LogP contribution >= 0.6 is 0 Å². The first-order valence-electron chi connectivity index (χ1n) is 11.0. The second-order valence-electron chi connectivity index (χ2n) is 7.99. The number of pyridine rings is 1. The predicted octanol–water partition coefficient (Wildman–Crippen LogP) is 4.22. The van der Waals surface area contributed by atoms with Crippen molar-refractivity contribution in [2.45, 2.75) is 13.5 Å². The van der Waals surface area contributed by atoms with E-state index in [1.54, 1.807) is 42.4 Å². The molecule has 3 aromatic heterocycles. The van der Waals surface area contributed by atoms with Crippen LogP contribution in [0.25, 0.3) is 22.6 Å². The predicted molar refractivity (Wildman–Crippen MR) is 131 cm³/mol. The molecular weight excluding hydrogens is 444 g/mol. The van der Waals surface area contributed by atoms with Crippen LogP contribution in [-0.4, -0.2) is 32.2 Å². The molecular formula is C27H22N4O4. The molecule has 0 aliphatic carbocycles. The highest BCUT2D eigenvalue weighted by Gasteiger charge is 2.20. The van der Waals surface area contributed by atoms with Gasteiger partial charge in [-0.25, -0.2) is 14.5 Å². The molecule has 5 rings (SSSR count). The first-order valence-corrected chi connectivity index (χ1v) is 11.0. The van der Waals surface area contributed by atoms with Crippen molar-refractivity contribution in [3.05, 3.63) is 112 Å². The zero-order valence-corrected chi connectivity index (χ0v) is 19.2. The number of ether oxygens (including phenoxy) is 2. The largest absolute Gasteiger partial charge is 0.497 e. The Balaban J connectivity index is 1.47. The molecule has 0 aliphatic heterocycles. The third-order valence-electron chi connectivity index (χ3n) is 5.55. The minimum atomic E-state index is -0.566. The van der Waals surface area contributed by atoms with Crippen molar-refractivity contribution >= 4 is 11.6 Å². The van der Waals surface area contributed by atoms with E-state index in [1.165, 1.54) is 10.5 Å². The minimum Gasteiger partial charge on any atom is -0.497 e. The summed E-state index contributed by atoms with van der Waals surface area (Å²) in [5.41, 5.74) is 3.93. The zero-order valence-electron chi connectivity index (χ0n) is 19.2. The summed E-state index contributed by atoms with van der Waals surface area (Å²) in [4.78, 5) is 30.1. The van der Waals surface area contributed by atoms with E-state index in [0.29, 0.717) is 28.3 Å². The van der Waals surface area contributed by atoms with E-state index in [4.69, 9.17) is 9.47 Å². The van der Waals surface area contributed by atoms with Gasteiger partial charge < -0.3 is 9.47 Å². The Kier molecular flexibility index (Phi) is 5.85. The summed E-state index contributed by atoms with van der Waals surface area (Å²) in [5.74, 6) is 0.133. The molecule has 5 aromatic rings. The highest BCUT2D eigenvalue weighted by Crippen LogP contribution is 2.26. The van der Waals surface area contributed by atoms with Gasteiger partial charge in [0.05, 0.1) is 18.5 Å². The number of benzene rings is 2. The number of aromatic nitrogens is 4. The minimum absolute atomic E-state index is 0.142. The molecule has 0 N–H and O–H groups in total. The molecule has 3 heterocycles. The number of methoxy groups -OCH3 is 1. The summed E-state index contributed by atoms with van der Waals surface area (Å²) >= 11 is 0. The molecule has 0 saturated carbocycles. The van der Waals surface area contributed by atoms with Gasteiger partial charge in [-0.1, -0.05) is 18.2 Å². The van der Waals surface area contributed by atoms with Crippen LogP contribution in [0.2, 0.25) is 0 Å². The van der Waals surface area contributed by atoms with E-state index < -0.39 is 5.97 Å². The number of carbonyl (C=O) groups excluding carboxylic acids is 1. The van der Waals surface area contributed by atoms with Crippen LogP contribution in [0.5, 0.6) is 5.75 Å². The Bertz CT molecular complexity index is 1570. The van der Waals surface area contributed by atoms with Crippen molar-refractivity contribution < 1.29 is 14.3 Å². The molecule has 0 radical (unpaired) electrons. The fourth-order valence-electron chi connectivity index (χ4n) is 3.74. The Morgan fingerprint density at radius 2 is 1.77 bits per heavy atom. The number of hydrogen-bond acceptors (Lipinski definition) is 6. The number of nitrogens with zero attached hydrogens (tertiary/aromatic N) is 4. The Hall–Kier alpha value is -4.72. The van der Waals surface area contributed by atoms with Crippen LogP contribution in [0, 0.1) is 6.92 Å². The van der Waals surface area contributed by atoms with Gasteiger partial charge in [-0.05, 0) is 61.0 Å². The van der Waals surface area contributed by atoms with Crippen molar-refractivity contribution in [2.24, 2.45) is 0 Å². The van der Waals surface area contributed by atoms with Crippen LogP contribution in [0.15, 0.2) is 90.0 Å². The number of hydrogen-bond donors (Lipinski definition) is 0. The zero-order chi connectivity index (χ0) is 24.4. The lowest BCUT2D eigenvalue weighted by molar-refractivity contribution is 0.0468. The molecule has 8 nitrogen and oxygen atoms in total. The summed E-state index contributed by atoms with van der Waals surface area (Å²) < 4.78 is 13.9. The van der Waals surface area contributed by atoms with Crippen LogP contribution < -0.4 is 10.3 Å². The fraction of sp³-hybridized carbons (Fsp3) is 0.111. The highest BCUT2D eigenvalue weighted by molar-refractivity contribution is 5.96. The smallest absolute Gasteiger partial charge is 0.342 e. The summed E-state index contributed by atoms with van der Waals surface area (Å²) in [5, 5.41) is 4.65. The number of esters is 1. The monoisotopic (exact) mass is 466 g/mol. The molecule has 8 heteroatoms. The van der Waals surface area contributed by atoms with Crippen molar-refractivity contribution in [1.82, 2.24) is 19.2 Å². The van der Waals surface area contributed by atoms with Gasteiger partial charge in [0.15, 0.2) is 0 Å². The van der Waals surface area contributed by atoms with E-state index >= 15 is 0 Å². The third kappa shape index (κ3) is 4.54. The first-order chi connectivity index (χ1) is 17.0. The topological polar surface area (TPSA) is 87.7 Å². The van der Waals surface area contributed by atoms with E-state index in [9.17, 15) is 9.59 Å². The molecule has 0 spiro atoms. The lowest BCUT2D eigenvalue weighted by atomic mass is 10.1. The van der Waals surface area contributed by atoms with Crippen molar-refractivity contribution in [3.8, 4) is 22.7 Å². The average Bonchev–Trinajstić information content (AvgIpc) is 3.33. The number of para-hydroxylation sites is 1. The summed E-state index contributed by atoms with van der Waals surface area (Å²) in [6.07, 6.45) is 3.32. The Labute approximate surface area is 201 Å². The molecule has 0 atom stereocenters. The van der Waals surface area contributed by atoms with Gasteiger partial charge >= 0.3 is 5.97 Å². The quantitative estimate of drug-likeness (QED) is 0.348. The van der Waals surface area contributed by atoms with Crippen LogP contribution in [0.3, 0.4) is 0 Å². The second-order valence-corrected chi connectivity index (χ2v) is 7.99. The molecule has 174 valence electrons. The molecule has 35 heavy (non-hydrogen) atoms. The van der Waals surface area contributed by atoms with Crippen LogP contribution in [0.1, 0.15) is 21.6 Å². The lowest BCUT2D eigenvalue weighted by Gasteiger charge is -2.07. The number of carbonyl (C=O) groups is 1. The maximum Gasteiger partial charge on any atom is 0.342 e. The average molecular weight is 466 g/mol. The molecule has 0 amide bonds. The standard InChI is InChI=1S/C27H22N4O4/c1-18-12-13-30-24(14-18)28-20(15-25(30)32)17-35-27(33)23-16-31(21-6-4-3-5-7-21)29-26(23)19-8-10-22(34-2)11-9-19/h3-16H,17H2,1-2H3. The van der Waals surface area contributed by atoms with E-state index in [2.05, 4.69) is 10.1 Å². The third-order valence-corrected chi connectivity index (χ3v) is 5.55. The number of fused-ring (bicyclic) bond motifs is 1. The van der Waals surface area contributed by atoms with Crippen molar-refractivity contribution in [1.29, 1.82) is 0 Å². The van der Waals surface area contributed by atoms with E-state index in [1.807, 2.05) is 55.5 Å². The van der Waals surface area contributed by atoms with E-state index in [0.717, 1.165) is 16.8 Å². The number of rotatable bonds is 6. The summed E-state index contributed by atoms with van der Waals surface area (Å²) in [6, 6.07) is 21.8. The van der Waals surface area contributed by atoms with Gasteiger partial charge in [0, 0.05) is 24.0 Å². The SMILES string of the molecule is COc1ccc(-c2nn(-c3ccccc3)cc2C(=O)OCc2cc(=O)n3ccc(C)cc3n2)cc1. The molecule has 0 fully saturated rings. The van der Waals surface area contributed by atoms with Gasteiger partial charge in [-0.2, -0.15) is 5.10 Å².